The number of hydrogen-bond donors (Lipinski definition) is 1. The molecule has 3 aliphatic rings. The number of rotatable bonds is 3. The van der Waals surface area contributed by atoms with E-state index in [2.05, 4.69) is 9.88 Å². The minimum atomic E-state index is -3.20. The Labute approximate surface area is 153 Å². The van der Waals surface area contributed by atoms with Crippen molar-refractivity contribution in [2.75, 3.05) is 38.5 Å². The molecular formula is C18H25N3O4S. The Kier molecular flexibility index (Phi) is 4.43. The predicted molar refractivity (Wildman–Crippen MR) is 97.9 cm³/mol. The Balaban J connectivity index is 1.49. The smallest absolute Gasteiger partial charge is 0.254 e. The molecule has 0 bridgehead atoms. The average molecular weight is 379 g/mol. The van der Waals surface area contributed by atoms with Crippen LogP contribution in [0.2, 0.25) is 0 Å². The topological polar surface area (TPSA) is 90.6 Å². The lowest BCUT2D eigenvalue weighted by Crippen LogP contribution is -2.69. The van der Waals surface area contributed by atoms with Gasteiger partial charge in [-0.3, -0.25) is 9.59 Å². The summed E-state index contributed by atoms with van der Waals surface area (Å²) in [7, 11) is -3.20. The van der Waals surface area contributed by atoms with Crippen LogP contribution >= 0.6 is 0 Å². The van der Waals surface area contributed by atoms with E-state index in [1.54, 1.807) is 11.0 Å². The third kappa shape index (κ3) is 2.89. The molecule has 7 nitrogen and oxygen atoms in total. The molecule has 4 heterocycles. The van der Waals surface area contributed by atoms with Gasteiger partial charge < -0.3 is 14.8 Å². The molecule has 1 atom stereocenters. The Morgan fingerprint density at radius 3 is 2.65 bits per heavy atom. The van der Waals surface area contributed by atoms with Gasteiger partial charge in [-0.25, -0.2) is 8.42 Å². The fourth-order valence-electron chi connectivity index (χ4n) is 4.69. The number of carbonyl (C=O) groups excluding carboxylic acids is 1. The molecule has 1 unspecified atom stereocenters. The maximum atomic E-state index is 12.8. The molecule has 8 heteroatoms. The lowest BCUT2D eigenvalue weighted by atomic mass is 9.82. The molecule has 3 saturated heterocycles. The molecular weight excluding hydrogens is 354 g/mol. The molecule has 4 rings (SSSR count). The summed E-state index contributed by atoms with van der Waals surface area (Å²) in [6.07, 6.45) is 5.74. The van der Waals surface area contributed by atoms with Crippen LogP contribution in [0.1, 0.15) is 36.0 Å². The molecule has 1 aromatic rings. The zero-order valence-electron chi connectivity index (χ0n) is 14.8. The molecule has 0 radical (unpaired) electrons. The van der Waals surface area contributed by atoms with E-state index in [1.165, 1.54) is 31.5 Å². The monoisotopic (exact) mass is 379 g/mol. The first-order chi connectivity index (χ1) is 12.4. The molecule has 0 aromatic carbocycles. The van der Waals surface area contributed by atoms with Gasteiger partial charge in [0.2, 0.25) is 5.56 Å². The van der Waals surface area contributed by atoms with Gasteiger partial charge in [-0.05, 0) is 44.3 Å². The Bertz CT molecular complexity index is 851. The van der Waals surface area contributed by atoms with Gasteiger partial charge >= 0.3 is 0 Å². The summed E-state index contributed by atoms with van der Waals surface area (Å²) in [6, 6.07) is 2.82. The van der Waals surface area contributed by atoms with E-state index in [-0.39, 0.29) is 36.2 Å². The summed E-state index contributed by atoms with van der Waals surface area (Å²) >= 11 is 0. The first-order valence-corrected chi connectivity index (χ1v) is 11.0. The van der Waals surface area contributed by atoms with Crippen LogP contribution in [0, 0.1) is 5.92 Å². The fourth-order valence-corrected chi connectivity index (χ4v) is 7.09. The van der Waals surface area contributed by atoms with Crippen LogP contribution < -0.4 is 5.56 Å². The van der Waals surface area contributed by atoms with Crippen LogP contribution in [0.25, 0.3) is 0 Å². The fraction of sp³-hybridized carbons (Fsp3) is 0.667. The van der Waals surface area contributed by atoms with Crippen molar-refractivity contribution in [3.8, 4) is 0 Å². The predicted octanol–water partition coefficient (Wildman–Crippen LogP) is 0.490. The summed E-state index contributed by atoms with van der Waals surface area (Å²) in [6.45, 7) is 3.40. The minimum Gasteiger partial charge on any atom is -0.335 e. The molecule has 1 amide bonds. The number of nitrogens with one attached hydrogen (secondary N) is 1. The quantitative estimate of drug-likeness (QED) is 0.825. The summed E-state index contributed by atoms with van der Waals surface area (Å²) in [4.78, 5) is 30.5. The lowest BCUT2D eigenvalue weighted by Gasteiger charge is -2.50. The standard InChI is InChI=1S/C18H25N3O4S/c22-16-10-14(4-6-19-16)17(23)21-12-18(13-21)15(5-9-26(18,24)25)11-20-7-2-1-3-8-20/h4,6,10,15H,1-3,5,7-9,11-13H2,(H,19,22). The Morgan fingerprint density at radius 1 is 1.23 bits per heavy atom. The van der Waals surface area contributed by atoms with Gasteiger partial charge in [-0.15, -0.1) is 0 Å². The van der Waals surface area contributed by atoms with Crippen molar-refractivity contribution >= 4 is 15.7 Å². The average Bonchev–Trinajstić information content (AvgIpc) is 2.84. The molecule has 3 aliphatic heterocycles. The third-order valence-electron chi connectivity index (χ3n) is 6.25. The van der Waals surface area contributed by atoms with Gasteiger partial charge in [-0.1, -0.05) is 6.42 Å². The zero-order chi connectivity index (χ0) is 18.4. The van der Waals surface area contributed by atoms with E-state index < -0.39 is 14.6 Å². The number of aromatic nitrogens is 1. The molecule has 1 N–H and O–H groups in total. The van der Waals surface area contributed by atoms with Gasteiger partial charge in [0.05, 0.1) is 5.75 Å². The first-order valence-electron chi connectivity index (χ1n) is 9.34. The largest absolute Gasteiger partial charge is 0.335 e. The van der Waals surface area contributed by atoms with Crippen LogP contribution in [0.4, 0.5) is 0 Å². The normalized spacial score (nSPS) is 27.4. The number of amides is 1. The van der Waals surface area contributed by atoms with E-state index in [9.17, 15) is 18.0 Å². The summed E-state index contributed by atoms with van der Waals surface area (Å²) in [5, 5.41) is 0. The van der Waals surface area contributed by atoms with Crippen molar-refractivity contribution in [3.05, 3.63) is 34.2 Å². The molecule has 142 valence electrons. The van der Waals surface area contributed by atoms with Gasteiger partial charge in [0, 0.05) is 37.5 Å². The number of sulfone groups is 1. The van der Waals surface area contributed by atoms with Crippen molar-refractivity contribution in [1.29, 1.82) is 0 Å². The van der Waals surface area contributed by atoms with Crippen molar-refractivity contribution in [3.63, 3.8) is 0 Å². The van der Waals surface area contributed by atoms with E-state index >= 15 is 0 Å². The SMILES string of the molecule is O=C(c1cc[nH]c(=O)c1)N1CC2(C1)C(CN1CCCCC1)CCS2(=O)=O. The van der Waals surface area contributed by atoms with E-state index in [0.717, 1.165) is 19.6 Å². The second kappa shape index (κ2) is 6.49. The Hall–Kier alpha value is -1.67. The van der Waals surface area contributed by atoms with Gasteiger partial charge in [0.15, 0.2) is 9.84 Å². The minimum absolute atomic E-state index is 0.0915. The first kappa shape index (κ1) is 17.7. The number of piperidine rings is 1. The van der Waals surface area contributed by atoms with Crippen LogP contribution in [0.5, 0.6) is 0 Å². The van der Waals surface area contributed by atoms with Crippen molar-refractivity contribution in [2.45, 2.75) is 30.4 Å². The highest BCUT2D eigenvalue weighted by molar-refractivity contribution is 7.93. The maximum Gasteiger partial charge on any atom is 0.254 e. The molecule has 0 saturated carbocycles. The van der Waals surface area contributed by atoms with Crippen LogP contribution in [0.3, 0.4) is 0 Å². The highest BCUT2D eigenvalue weighted by Crippen LogP contribution is 2.45. The number of aromatic amines is 1. The summed E-state index contributed by atoms with van der Waals surface area (Å²) < 4.78 is 24.7. The van der Waals surface area contributed by atoms with Gasteiger partial charge in [0.25, 0.3) is 5.91 Å². The van der Waals surface area contributed by atoms with Crippen LogP contribution in [0.15, 0.2) is 23.1 Å². The second-order valence-corrected chi connectivity index (χ2v) is 10.3. The van der Waals surface area contributed by atoms with Crippen molar-refractivity contribution < 1.29 is 13.2 Å². The van der Waals surface area contributed by atoms with Crippen LogP contribution in [-0.2, 0) is 9.84 Å². The molecule has 1 aromatic heterocycles. The number of pyridine rings is 1. The third-order valence-corrected chi connectivity index (χ3v) is 8.86. The molecule has 1 spiro atoms. The Morgan fingerprint density at radius 2 is 1.96 bits per heavy atom. The summed E-state index contributed by atoms with van der Waals surface area (Å²) in [5.74, 6) is 0.0489. The molecule has 26 heavy (non-hydrogen) atoms. The highest BCUT2D eigenvalue weighted by Gasteiger charge is 2.62. The van der Waals surface area contributed by atoms with Crippen LogP contribution in [-0.4, -0.2) is 72.3 Å². The number of hydrogen-bond acceptors (Lipinski definition) is 5. The van der Waals surface area contributed by atoms with E-state index in [0.29, 0.717) is 12.0 Å². The molecule has 0 aliphatic carbocycles. The van der Waals surface area contributed by atoms with Gasteiger partial charge in [0.1, 0.15) is 4.75 Å². The number of likely N-dealkylation sites (tertiary alicyclic amines) is 2. The summed E-state index contributed by atoms with van der Waals surface area (Å²) in [5.41, 5.74) is -0.0193. The number of nitrogens with zero attached hydrogens (tertiary/aromatic N) is 2. The van der Waals surface area contributed by atoms with Crippen molar-refractivity contribution in [2.24, 2.45) is 5.92 Å². The van der Waals surface area contributed by atoms with E-state index in [1.807, 2.05) is 0 Å². The second-order valence-electron chi connectivity index (χ2n) is 7.83. The highest BCUT2D eigenvalue weighted by atomic mass is 32.2. The molecule has 3 fully saturated rings. The van der Waals surface area contributed by atoms with Gasteiger partial charge in [-0.2, -0.15) is 0 Å². The van der Waals surface area contributed by atoms with E-state index in [4.69, 9.17) is 0 Å². The van der Waals surface area contributed by atoms with Crippen molar-refractivity contribution in [1.82, 2.24) is 14.8 Å². The number of H-pyrrole nitrogens is 1. The zero-order valence-corrected chi connectivity index (χ0v) is 15.6. The number of carbonyl (C=O) groups is 1. The lowest BCUT2D eigenvalue weighted by molar-refractivity contribution is 0.0411. The maximum absolute atomic E-state index is 12.8.